The summed E-state index contributed by atoms with van der Waals surface area (Å²) in [6, 6.07) is 14.1. The summed E-state index contributed by atoms with van der Waals surface area (Å²) in [6.45, 7) is 6.25. The molecule has 3 aromatic rings. The van der Waals surface area contributed by atoms with E-state index in [2.05, 4.69) is 48.0 Å². The van der Waals surface area contributed by atoms with Gasteiger partial charge in [0.05, 0.1) is 25.1 Å². The van der Waals surface area contributed by atoms with Gasteiger partial charge in [-0.05, 0) is 50.2 Å². The van der Waals surface area contributed by atoms with Crippen molar-refractivity contribution in [3.63, 3.8) is 0 Å². The molecule has 1 atom stereocenters. The molecule has 1 aliphatic rings. The van der Waals surface area contributed by atoms with Gasteiger partial charge in [-0.1, -0.05) is 0 Å². The Labute approximate surface area is 176 Å². The van der Waals surface area contributed by atoms with E-state index in [4.69, 9.17) is 19.6 Å². The summed E-state index contributed by atoms with van der Waals surface area (Å²) in [6.07, 6.45) is 4.35. The fourth-order valence-corrected chi connectivity index (χ4v) is 3.60. The predicted octanol–water partition coefficient (Wildman–Crippen LogP) is 4.27. The molecule has 0 fully saturated rings. The van der Waals surface area contributed by atoms with Gasteiger partial charge >= 0.3 is 0 Å². The second kappa shape index (κ2) is 8.51. The molecule has 7 nitrogen and oxygen atoms in total. The van der Waals surface area contributed by atoms with Crippen molar-refractivity contribution < 1.29 is 13.9 Å². The molecule has 156 valence electrons. The predicted molar refractivity (Wildman–Crippen MR) is 118 cm³/mol. The molecule has 1 aliphatic heterocycles. The van der Waals surface area contributed by atoms with Gasteiger partial charge in [0.1, 0.15) is 11.5 Å². The number of rotatable bonds is 7. The third-order valence-corrected chi connectivity index (χ3v) is 5.24. The number of hydrogen-bond donors (Lipinski definition) is 1. The fourth-order valence-electron chi connectivity index (χ4n) is 3.60. The molecule has 2 N–H and O–H groups in total. The zero-order chi connectivity index (χ0) is 21.1. The van der Waals surface area contributed by atoms with Crippen molar-refractivity contribution in [2.75, 3.05) is 30.0 Å². The van der Waals surface area contributed by atoms with Crippen LogP contribution in [0.4, 0.5) is 11.4 Å². The quantitative estimate of drug-likeness (QED) is 0.628. The van der Waals surface area contributed by atoms with E-state index in [0.29, 0.717) is 11.5 Å². The lowest BCUT2D eigenvalue weighted by Gasteiger charge is -2.21. The van der Waals surface area contributed by atoms with E-state index >= 15 is 0 Å². The molecule has 1 aromatic heterocycles. The lowest BCUT2D eigenvalue weighted by molar-refractivity contribution is 0.199. The maximum atomic E-state index is 6.26. The summed E-state index contributed by atoms with van der Waals surface area (Å²) in [5.41, 5.74) is 10.1. The molecule has 2 aromatic carbocycles. The lowest BCUT2D eigenvalue weighted by atomic mass is 10.1. The van der Waals surface area contributed by atoms with E-state index in [1.54, 1.807) is 13.3 Å². The van der Waals surface area contributed by atoms with Gasteiger partial charge in [-0.15, -0.1) is 0 Å². The zero-order valence-electron chi connectivity index (χ0n) is 17.4. The molecule has 2 heterocycles. The van der Waals surface area contributed by atoms with Crippen LogP contribution in [0.15, 0.2) is 65.7 Å². The van der Waals surface area contributed by atoms with Crippen molar-refractivity contribution in [1.82, 2.24) is 4.98 Å². The molecule has 7 heteroatoms. The van der Waals surface area contributed by atoms with Crippen molar-refractivity contribution >= 4 is 17.1 Å². The van der Waals surface area contributed by atoms with E-state index in [9.17, 15) is 0 Å². The molecule has 0 radical (unpaired) electrons. The third-order valence-electron chi connectivity index (χ3n) is 5.24. The minimum atomic E-state index is -0.622. The summed E-state index contributed by atoms with van der Waals surface area (Å²) < 4.78 is 16.9. The van der Waals surface area contributed by atoms with E-state index in [1.165, 1.54) is 12.1 Å². The molecule has 0 aliphatic carbocycles. The van der Waals surface area contributed by atoms with Crippen LogP contribution in [0.1, 0.15) is 19.4 Å². The second-order valence-corrected chi connectivity index (χ2v) is 6.88. The van der Waals surface area contributed by atoms with Crippen molar-refractivity contribution in [1.29, 1.82) is 0 Å². The number of benzene rings is 2. The van der Waals surface area contributed by atoms with Crippen LogP contribution in [0.2, 0.25) is 0 Å². The molecular weight excluding hydrogens is 380 g/mol. The molecule has 0 amide bonds. The molecule has 0 bridgehead atoms. The second-order valence-electron chi connectivity index (χ2n) is 6.88. The Bertz CT molecular complexity index is 1010. The molecule has 1 unspecified atom stereocenters. The number of ether oxygens (including phenoxy) is 2. The van der Waals surface area contributed by atoms with Crippen LogP contribution < -0.4 is 20.3 Å². The number of oxazole rings is 1. The number of nitrogens with two attached hydrogens (primary N) is 1. The molecular formula is C23H26N4O3. The summed E-state index contributed by atoms with van der Waals surface area (Å²) in [5.74, 6) is 2.04. The monoisotopic (exact) mass is 406 g/mol. The highest BCUT2D eigenvalue weighted by Crippen LogP contribution is 2.36. The minimum Gasteiger partial charge on any atom is -0.496 e. The number of aromatic nitrogens is 1. The van der Waals surface area contributed by atoms with Crippen molar-refractivity contribution in [3.8, 4) is 17.1 Å². The first-order valence-corrected chi connectivity index (χ1v) is 9.99. The van der Waals surface area contributed by atoms with Gasteiger partial charge in [0.25, 0.3) is 0 Å². The molecule has 4 rings (SSSR count). The van der Waals surface area contributed by atoms with Crippen LogP contribution in [0, 0.1) is 0 Å². The van der Waals surface area contributed by atoms with Gasteiger partial charge in [-0.3, -0.25) is 10.6 Å². The Kier molecular flexibility index (Phi) is 5.63. The number of anilines is 2. The number of nitrogens with zero attached hydrogens (tertiary/aromatic N) is 3. The highest BCUT2D eigenvalue weighted by atomic mass is 16.5. The van der Waals surface area contributed by atoms with Crippen molar-refractivity contribution in [3.05, 3.63) is 66.8 Å². The summed E-state index contributed by atoms with van der Waals surface area (Å²) in [7, 11) is 1.62. The third kappa shape index (κ3) is 3.71. The van der Waals surface area contributed by atoms with E-state index in [-0.39, 0.29) is 0 Å². The summed E-state index contributed by atoms with van der Waals surface area (Å²) in [4.78, 5) is 8.15. The molecule has 30 heavy (non-hydrogen) atoms. The van der Waals surface area contributed by atoms with Crippen LogP contribution in [0.3, 0.4) is 0 Å². The lowest BCUT2D eigenvalue weighted by Crippen LogP contribution is -2.36. The number of methoxy groups -OCH3 is 1. The first-order valence-electron chi connectivity index (χ1n) is 9.99. The summed E-state index contributed by atoms with van der Waals surface area (Å²) >= 11 is 0. The molecule has 0 spiro atoms. The smallest absolute Gasteiger partial charge is 0.231 e. The maximum absolute atomic E-state index is 6.26. The van der Waals surface area contributed by atoms with Crippen LogP contribution in [-0.2, 0) is 4.74 Å². The van der Waals surface area contributed by atoms with Gasteiger partial charge in [0.15, 0.2) is 12.2 Å². The SMILES string of the molecule is CCN(CC)c1ccc(C2=CN(c3ccc(-c4cnco4)c(OC)c3)C(N)O2)cc1. The van der Waals surface area contributed by atoms with Crippen LogP contribution >= 0.6 is 0 Å². The van der Waals surface area contributed by atoms with E-state index < -0.39 is 6.35 Å². The van der Waals surface area contributed by atoms with Gasteiger partial charge < -0.3 is 18.8 Å². The molecule has 0 saturated carbocycles. The van der Waals surface area contributed by atoms with Crippen molar-refractivity contribution in [2.24, 2.45) is 5.73 Å². The standard InChI is InChI=1S/C23H26N4O3/c1-4-26(5-2)17-8-6-16(7-9-17)22-14-27(23(24)30-22)18-10-11-19(20(12-18)28-3)21-13-25-15-29-21/h6-15,23H,4-5,24H2,1-3H3. The summed E-state index contributed by atoms with van der Waals surface area (Å²) in [5, 5.41) is 0. The van der Waals surface area contributed by atoms with Crippen LogP contribution in [0.5, 0.6) is 5.75 Å². The van der Waals surface area contributed by atoms with E-state index in [0.717, 1.165) is 35.7 Å². The highest BCUT2D eigenvalue weighted by molar-refractivity contribution is 5.73. The van der Waals surface area contributed by atoms with Gasteiger partial charge in [-0.25, -0.2) is 4.98 Å². The van der Waals surface area contributed by atoms with Gasteiger partial charge in [0.2, 0.25) is 6.35 Å². The Morgan fingerprint density at radius 3 is 2.53 bits per heavy atom. The zero-order valence-corrected chi connectivity index (χ0v) is 17.4. The maximum Gasteiger partial charge on any atom is 0.231 e. The van der Waals surface area contributed by atoms with Gasteiger partial charge in [0, 0.05) is 36.1 Å². The van der Waals surface area contributed by atoms with E-state index in [1.807, 2.05) is 29.3 Å². The van der Waals surface area contributed by atoms with Crippen molar-refractivity contribution in [2.45, 2.75) is 20.2 Å². The Balaban J connectivity index is 1.60. The number of hydrogen-bond acceptors (Lipinski definition) is 7. The normalized spacial score (nSPS) is 15.7. The Morgan fingerprint density at radius 2 is 1.90 bits per heavy atom. The van der Waals surface area contributed by atoms with Crippen LogP contribution in [-0.4, -0.2) is 31.5 Å². The van der Waals surface area contributed by atoms with Crippen LogP contribution in [0.25, 0.3) is 17.1 Å². The topological polar surface area (TPSA) is 77.0 Å². The average Bonchev–Trinajstić information content (AvgIpc) is 3.45. The Hall–Kier alpha value is -3.45. The average molecular weight is 406 g/mol. The molecule has 0 saturated heterocycles. The minimum absolute atomic E-state index is 0.622. The first kappa shape index (κ1) is 19.8. The van der Waals surface area contributed by atoms with Gasteiger partial charge in [-0.2, -0.15) is 0 Å². The fraction of sp³-hybridized carbons (Fsp3) is 0.261. The first-order chi connectivity index (χ1) is 14.6. The highest BCUT2D eigenvalue weighted by Gasteiger charge is 2.26. The Morgan fingerprint density at radius 1 is 1.13 bits per heavy atom. The largest absolute Gasteiger partial charge is 0.496 e.